The summed E-state index contributed by atoms with van der Waals surface area (Å²) in [7, 11) is 2.35. The lowest BCUT2D eigenvalue weighted by molar-refractivity contribution is -0.139. The van der Waals surface area contributed by atoms with Crippen LogP contribution in [0.3, 0.4) is 0 Å². The highest BCUT2D eigenvalue weighted by Crippen LogP contribution is 2.30. The van der Waals surface area contributed by atoms with Crippen molar-refractivity contribution in [1.29, 1.82) is 0 Å². The molecule has 0 aliphatic carbocycles. The van der Waals surface area contributed by atoms with Gasteiger partial charge in [0.25, 0.3) is 0 Å². The number of nitrogens with one attached hydrogen (secondary N) is 1. The molecule has 0 atom stereocenters. The molecule has 0 spiro atoms. The zero-order valence-corrected chi connectivity index (χ0v) is 17.3. The predicted molar refractivity (Wildman–Crippen MR) is 108 cm³/mol. The van der Waals surface area contributed by atoms with E-state index in [4.69, 9.17) is 14.2 Å². The molecule has 1 aromatic rings. The first-order valence-corrected chi connectivity index (χ1v) is 8.92. The average molecular weight is 418 g/mol. The SMILES string of the molecule is COC(=O)C1=C(C(=O)OC)N(c2ccc(F)c(NC(=O)OC(C)(C)C)c2)C=CC=C1. The monoisotopic (exact) mass is 418 g/mol. The Kier molecular flexibility index (Phi) is 6.99. The molecule has 0 radical (unpaired) electrons. The van der Waals surface area contributed by atoms with E-state index in [-0.39, 0.29) is 22.6 Å². The lowest BCUT2D eigenvalue weighted by Crippen LogP contribution is -2.28. The minimum Gasteiger partial charge on any atom is -0.465 e. The van der Waals surface area contributed by atoms with E-state index in [1.54, 1.807) is 32.9 Å². The van der Waals surface area contributed by atoms with Gasteiger partial charge in [0.1, 0.15) is 17.1 Å². The number of carbonyl (C=O) groups is 3. The summed E-state index contributed by atoms with van der Waals surface area (Å²) in [5.41, 5.74) is -0.849. The normalized spacial score (nSPS) is 13.6. The van der Waals surface area contributed by atoms with Gasteiger partial charge in [-0.1, -0.05) is 6.08 Å². The van der Waals surface area contributed by atoms with Crippen molar-refractivity contribution in [3.05, 3.63) is 59.7 Å². The van der Waals surface area contributed by atoms with Crippen LogP contribution in [0.25, 0.3) is 0 Å². The first-order chi connectivity index (χ1) is 14.1. The molecule has 0 unspecified atom stereocenters. The van der Waals surface area contributed by atoms with Gasteiger partial charge in [0.2, 0.25) is 0 Å². The van der Waals surface area contributed by atoms with E-state index in [0.29, 0.717) is 0 Å². The van der Waals surface area contributed by atoms with Crippen molar-refractivity contribution in [1.82, 2.24) is 0 Å². The molecular formula is C21H23FN2O6. The molecule has 1 amide bonds. The Morgan fingerprint density at radius 3 is 2.30 bits per heavy atom. The van der Waals surface area contributed by atoms with Crippen LogP contribution in [0.15, 0.2) is 53.9 Å². The zero-order chi connectivity index (χ0) is 22.5. The van der Waals surface area contributed by atoms with Crippen molar-refractivity contribution >= 4 is 29.4 Å². The lowest BCUT2D eigenvalue weighted by Gasteiger charge is -2.24. The third-order valence-corrected chi connectivity index (χ3v) is 3.75. The summed E-state index contributed by atoms with van der Waals surface area (Å²) in [5, 5.41) is 2.34. The Balaban J connectivity index is 2.51. The first kappa shape index (κ1) is 22.7. The van der Waals surface area contributed by atoms with E-state index < -0.39 is 29.5 Å². The van der Waals surface area contributed by atoms with E-state index >= 15 is 0 Å². The van der Waals surface area contributed by atoms with E-state index in [1.165, 1.54) is 43.5 Å². The van der Waals surface area contributed by atoms with Gasteiger partial charge in [0, 0.05) is 11.9 Å². The molecular weight excluding hydrogens is 395 g/mol. The Bertz CT molecular complexity index is 943. The first-order valence-electron chi connectivity index (χ1n) is 8.92. The number of hydrogen-bond acceptors (Lipinski definition) is 7. The molecule has 9 heteroatoms. The molecule has 1 aliphatic heterocycles. The molecule has 1 aromatic carbocycles. The van der Waals surface area contributed by atoms with Gasteiger partial charge >= 0.3 is 18.0 Å². The average Bonchev–Trinajstić information content (AvgIpc) is 2.90. The number of nitrogens with zero attached hydrogens (tertiary/aromatic N) is 1. The fourth-order valence-corrected chi connectivity index (χ4v) is 2.54. The largest absolute Gasteiger partial charge is 0.465 e. The van der Waals surface area contributed by atoms with Gasteiger partial charge in [-0.3, -0.25) is 5.32 Å². The van der Waals surface area contributed by atoms with E-state index in [9.17, 15) is 18.8 Å². The Morgan fingerprint density at radius 1 is 1.03 bits per heavy atom. The molecule has 1 heterocycles. The van der Waals surface area contributed by atoms with Crippen LogP contribution in [0, 0.1) is 5.82 Å². The molecule has 0 aromatic heterocycles. The number of allylic oxidation sites excluding steroid dienone is 2. The van der Waals surface area contributed by atoms with Crippen molar-refractivity contribution in [2.45, 2.75) is 26.4 Å². The maximum Gasteiger partial charge on any atom is 0.412 e. The van der Waals surface area contributed by atoms with Crippen LogP contribution >= 0.6 is 0 Å². The number of rotatable bonds is 4. The third kappa shape index (κ3) is 5.47. The van der Waals surface area contributed by atoms with E-state index in [1.807, 2.05) is 0 Å². The summed E-state index contributed by atoms with van der Waals surface area (Å²) in [6.07, 6.45) is 5.16. The second kappa shape index (κ2) is 9.25. The van der Waals surface area contributed by atoms with Crippen molar-refractivity contribution < 1.29 is 33.0 Å². The highest BCUT2D eigenvalue weighted by Gasteiger charge is 2.28. The molecule has 0 saturated carbocycles. The molecule has 0 fully saturated rings. The molecule has 0 saturated heterocycles. The number of halogens is 1. The summed E-state index contributed by atoms with van der Waals surface area (Å²) >= 11 is 0. The number of anilines is 2. The van der Waals surface area contributed by atoms with Crippen LogP contribution in [0.4, 0.5) is 20.6 Å². The molecule has 0 bridgehead atoms. The van der Waals surface area contributed by atoms with Gasteiger partial charge < -0.3 is 19.1 Å². The summed E-state index contributed by atoms with van der Waals surface area (Å²) in [6.45, 7) is 5.03. The van der Waals surface area contributed by atoms with Gasteiger partial charge in [-0.15, -0.1) is 0 Å². The number of ether oxygens (including phenoxy) is 3. The predicted octanol–water partition coefficient (Wildman–Crippen LogP) is 3.66. The van der Waals surface area contributed by atoms with Gasteiger partial charge in [-0.2, -0.15) is 0 Å². The van der Waals surface area contributed by atoms with Crippen LogP contribution in [-0.2, 0) is 23.8 Å². The Hall–Kier alpha value is -3.62. The van der Waals surface area contributed by atoms with Crippen LogP contribution < -0.4 is 10.2 Å². The number of carbonyl (C=O) groups excluding carboxylic acids is 3. The fourth-order valence-electron chi connectivity index (χ4n) is 2.54. The standard InChI is InChI=1S/C21H23FN2O6/c1-21(2,3)30-20(27)23-16-12-13(9-10-15(16)22)24-11-7-6-8-14(18(25)28-4)17(24)19(26)29-5/h6-12H,1-5H3,(H,23,27). The quantitative estimate of drug-likeness (QED) is 0.589. The number of amides is 1. The summed E-state index contributed by atoms with van der Waals surface area (Å²) in [5.74, 6) is -2.27. The van der Waals surface area contributed by atoms with Crippen molar-refractivity contribution in [3.8, 4) is 0 Å². The van der Waals surface area contributed by atoms with Crippen molar-refractivity contribution in [2.75, 3.05) is 24.4 Å². The molecule has 1 aliphatic rings. The second-order valence-electron chi connectivity index (χ2n) is 7.11. The zero-order valence-electron chi connectivity index (χ0n) is 17.3. The number of esters is 2. The number of methoxy groups -OCH3 is 2. The van der Waals surface area contributed by atoms with Crippen molar-refractivity contribution in [3.63, 3.8) is 0 Å². The molecule has 30 heavy (non-hydrogen) atoms. The summed E-state index contributed by atoms with van der Waals surface area (Å²) < 4.78 is 29.0. The minimum absolute atomic E-state index is 0.0553. The van der Waals surface area contributed by atoms with Gasteiger partial charge in [-0.25, -0.2) is 18.8 Å². The summed E-state index contributed by atoms with van der Waals surface area (Å²) in [4.78, 5) is 38.0. The van der Waals surface area contributed by atoms with Crippen LogP contribution in [-0.4, -0.2) is 37.9 Å². The van der Waals surface area contributed by atoms with Crippen LogP contribution in [0.2, 0.25) is 0 Å². The minimum atomic E-state index is -0.842. The summed E-state index contributed by atoms with van der Waals surface area (Å²) in [6, 6.07) is 3.79. The van der Waals surface area contributed by atoms with Gasteiger partial charge in [0.15, 0.2) is 0 Å². The highest BCUT2D eigenvalue weighted by atomic mass is 19.1. The molecule has 1 N–H and O–H groups in total. The van der Waals surface area contributed by atoms with Gasteiger partial charge in [-0.05, 0) is 51.1 Å². The number of hydrogen-bond donors (Lipinski definition) is 1. The van der Waals surface area contributed by atoms with Gasteiger partial charge in [0.05, 0.1) is 25.5 Å². The van der Waals surface area contributed by atoms with Crippen LogP contribution in [0.1, 0.15) is 20.8 Å². The van der Waals surface area contributed by atoms with Crippen LogP contribution in [0.5, 0.6) is 0 Å². The molecule has 2 rings (SSSR count). The highest BCUT2D eigenvalue weighted by molar-refractivity contribution is 6.05. The third-order valence-electron chi connectivity index (χ3n) is 3.75. The maximum absolute atomic E-state index is 14.3. The second-order valence-corrected chi connectivity index (χ2v) is 7.11. The van der Waals surface area contributed by atoms with Crippen molar-refractivity contribution in [2.24, 2.45) is 0 Å². The molecule has 8 nitrogen and oxygen atoms in total. The Labute approximate surface area is 173 Å². The number of benzene rings is 1. The molecule has 160 valence electrons. The Morgan fingerprint density at radius 2 is 1.70 bits per heavy atom. The maximum atomic E-state index is 14.3. The topological polar surface area (TPSA) is 94.2 Å². The fraction of sp³-hybridized carbons (Fsp3) is 0.286. The lowest BCUT2D eigenvalue weighted by atomic mass is 10.1. The van der Waals surface area contributed by atoms with E-state index in [2.05, 4.69) is 5.32 Å². The van der Waals surface area contributed by atoms with E-state index in [0.717, 1.165) is 6.07 Å². The smallest absolute Gasteiger partial charge is 0.412 e.